The smallest absolute Gasteiger partial charge is 0.408 e. The van der Waals surface area contributed by atoms with Gasteiger partial charge < -0.3 is 30.7 Å². The van der Waals surface area contributed by atoms with Gasteiger partial charge in [-0.3, -0.25) is 19.2 Å². The van der Waals surface area contributed by atoms with Gasteiger partial charge in [-0.25, -0.2) is 4.79 Å². The van der Waals surface area contributed by atoms with Crippen LogP contribution in [0.5, 0.6) is 0 Å². The summed E-state index contributed by atoms with van der Waals surface area (Å²) in [4.78, 5) is 65.2. The van der Waals surface area contributed by atoms with Crippen molar-refractivity contribution in [1.29, 1.82) is 0 Å². The number of hydrogen-bond donors (Lipinski definition) is 4. The van der Waals surface area contributed by atoms with Crippen molar-refractivity contribution in [2.75, 3.05) is 13.1 Å². The van der Waals surface area contributed by atoms with Crippen LogP contribution in [-0.4, -0.2) is 70.6 Å². The van der Waals surface area contributed by atoms with Gasteiger partial charge in [-0.15, -0.1) is 0 Å². The number of nitrogens with zero attached hydrogens (tertiary/aromatic N) is 1. The Morgan fingerprint density at radius 2 is 1.42 bits per heavy atom. The normalized spacial score (nSPS) is 14.6. The molecule has 0 saturated heterocycles. The lowest BCUT2D eigenvalue weighted by Crippen LogP contribution is -2.52. The van der Waals surface area contributed by atoms with E-state index in [-0.39, 0.29) is 43.0 Å². The number of carbonyl (C=O) groups excluding carboxylic acids is 4. The minimum Gasteiger partial charge on any atom is -0.481 e. The quantitative estimate of drug-likeness (QED) is 0.166. The Morgan fingerprint density at radius 3 is 2.02 bits per heavy atom. The molecule has 11 nitrogen and oxygen atoms in total. The number of amides is 4. The van der Waals surface area contributed by atoms with Crippen molar-refractivity contribution in [1.82, 2.24) is 20.9 Å². The third kappa shape index (κ3) is 11.5. The number of carbonyl (C=O) groups is 5. The molecule has 2 atom stereocenters. The zero-order valence-corrected chi connectivity index (χ0v) is 29.0. The summed E-state index contributed by atoms with van der Waals surface area (Å²) in [6, 6.07) is 25.8. The number of alkyl carbamates (subject to hydrolysis) is 1. The standard InChI is InChI=1S/C39H48N4O7/c1-39(2,3)50-38(49)42-32(36(47)41-25-31(27-14-6-4-7-15-27)28-16-8-5-9-17-28)20-12-13-23-40-37(48)33-24-29-18-10-11-19-30(29)26-43(33)34(44)21-22-35(45)46/h4-11,14-19,31-33H,12-13,20-26H2,1-3H3,(H,40,48)(H,41,47)(H,42,49)(H,45,46). The molecule has 4 N–H and O–H groups in total. The van der Waals surface area contributed by atoms with Crippen molar-refractivity contribution in [2.45, 2.75) is 89.4 Å². The minimum absolute atomic E-state index is 0.0962. The van der Waals surface area contributed by atoms with E-state index in [1.807, 2.05) is 84.9 Å². The second-order valence-corrected chi connectivity index (χ2v) is 13.5. The molecular weight excluding hydrogens is 636 g/mol. The minimum atomic E-state index is -1.07. The van der Waals surface area contributed by atoms with Gasteiger partial charge in [-0.1, -0.05) is 84.9 Å². The van der Waals surface area contributed by atoms with Crippen LogP contribution < -0.4 is 16.0 Å². The monoisotopic (exact) mass is 684 g/mol. The third-order valence-electron chi connectivity index (χ3n) is 8.53. The fourth-order valence-corrected chi connectivity index (χ4v) is 6.02. The van der Waals surface area contributed by atoms with Gasteiger partial charge in [0.05, 0.1) is 6.42 Å². The number of carboxylic acids is 1. The van der Waals surface area contributed by atoms with Crippen LogP contribution in [0, 0.1) is 0 Å². The van der Waals surface area contributed by atoms with Gasteiger partial charge in [0.2, 0.25) is 17.7 Å². The number of carboxylic acid groups (broad SMARTS) is 1. The number of aliphatic carboxylic acids is 1. The Labute approximate surface area is 293 Å². The summed E-state index contributed by atoms with van der Waals surface area (Å²) in [5.41, 5.74) is 3.26. The van der Waals surface area contributed by atoms with Crippen LogP contribution in [-0.2, 0) is 36.9 Å². The lowest BCUT2D eigenvalue weighted by atomic mass is 9.91. The van der Waals surface area contributed by atoms with E-state index >= 15 is 0 Å². The summed E-state index contributed by atoms with van der Waals surface area (Å²) < 4.78 is 5.44. The van der Waals surface area contributed by atoms with E-state index in [4.69, 9.17) is 9.84 Å². The van der Waals surface area contributed by atoms with Gasteiger partial charge in [0, 0.05) is 38.4 Å². The molecule has 0 radical (unpaired) electrons. The lowest BCUT2D eigenvalue weighted by Gasteiger charge is -2.36. The van der Waals surface area contributed by atoms with E-state index in [0.717, 1.165) is 22.3 Å². The molecule has 0 aliphatic carbocycles. The fourth-order valence-electron chi connectivity index (χ4n) is 6.02. The van der Waals surface area contributed by atoms with Crippen LogP contribution >= 0.6 is 0 Å². The van der Waals surface area contributed by atoms with E-state index in [0.29, 0.717) is 38.8 Å². The van der Waals surface area contributed by atoms with Crippen LogP contribution in [0.15, 0.2) is 84.9 Å². The van der Waals surface area contributed by atoms with Gasteiger partial charge in [-0.2, -0.15) is 0 Å². The Bertz CT molecular complexity index is 1570. The maximum Gasteiger partial charge on any atom is 0.408 e. The molecule has 0 spiro atoms. The second-order valence-electron chi connectivity index (χ2n) is 13.5. The molecule has 0 bridgehead atoms. The van der Waals surface area contributed by atoms with E-state index in [1.54, 1.807) is 20.8 Å². The molecule has 1 heterocycles. The Balaban J connectivity index is 1.36. The summed E-state index contributed by atoms with van der Waals surface area (Å²) in [5, 5.41) is 17.8. The SMILES string of the molecule is CC(C)(C)OC(=O)NC(CCCCNC(=O)C1Cc2ccccc2CN1C(=O)CCC(=O)O)C(=O)NCC(c1ccccc1)c1ccccc1. The van der Waals surface area contributed by atoms with Crippen LogP contribution in [0.2, 0.25) is 0 Å². The molecule has 4 rings (SSSR count). The molecule has 3 aromatic rings. The maximum atomic E-state index is 13.6. The largest absolute Gasteiger partial charge is 0.481 e. The van der Waals surface area contributed by atoms with E-state index < -0.39 is 29.7 Å². The summed E-state index contributed by atoms with van der Waals surface area (Å²) in [7, 11) is 0. The predicted octanol–water partition coefficient (Wildman–Crippen LogP) is 4.93. The Kier molecular flexibility index (Phi) is 13.5. The van der Waals surface area contributed by atoms with Crippen molar-refractivity contribution in [3.8, 4) is 0 Å². The Hall–Kier alpha value is -5.19. The summed E-state index contributed by atoms with van der Waals surface area (Å²) in [6.07, 6.45) is 0.458. The van der Waals surface area contributed by atoms with Crippen molar-refractivity contribution in [3.05, 3.63) is 107 Å². The zero-order chi connectivity index (χ0) is 36.1. The first kappa shape index (κ1) is 37.6. The molecule has 266 valence electrons. The molecule has 2 unspecified atom stereocenters. The highest BCUT2D eigenvalue weighted by molar-refractivity contribution is 5.89. The van der Waals surface area contributed by atoms with Crippen LogP contribution in [0.4, 0.5) is 4.79 Å². The van der Waals surface area contributed by atoms with Gasteiger partial charge in [0.25, 0.3) is 0 Å². The second kappa shape index (κ2) is 18.0. The molecule has 11 heteroatoms. The van der Waals surface area contributed by atoms with E-state index in [9.17, 15) is 24.0 Å². The maximum absolute atomic E-state index is 13.6. The molecule has 0 saturated carbocycles. The molecule has 4 amide bonds. The van der Waals surface area contributed by atoms with Crippen LogP contribution in [0.1, 0.15) is 81.0 Å². The average Bonchev–Trinajstić information content (AvgIpc) is 3.09. The van der Waals surface area contributed by atoms with Crippen molar-refractivity contribution >= 4 is 29.8 Å². The number of fused-ring (bicyclic) bond motifs is 1. The number of hydrogen-bond acceptors (Lipinski definition) is 6. The van der Waals surface area contributed by atoms with E-state index in [1.165, 1.54) is 4.90 Å². The first-order chi connectivity index (χ1) is 23.9. The number of unbranched alkanes of at least 4 members (excludes halogenated alkanes) is 1. The number of nitrogens with one attached hydrogen (secondary N) is 3. The predicted molar refractivity (Wildman–Crippen MR) is 189 cm³/mol. The van der Waals surface area contributed by atoms with Crippen molar-refractivity contribution in [3.63, 3.8) is 0 Å². The highest BCUT2D eigenvalue weighted by Gasteiger charge is 2.34. The van der Waals surface area contributed by atoms with Gasteiger partial charge in [0.15, 0.2) is 0 Å². The Morgan fingerprint density at radius 1 is 0.820 bits per heavy atom. The van der Waals surface area contributed by atoms with Crippen molar-refractivity contribution < 1.29 is 33.8 Å². The molecular formula is C39H48N4O7. The molecule has 1 aliphatic heterocycles. The van der Waals surface area contributed by atoms with Crippen LogP contribution in [0.3, 0.4) is 0 Å². The number of benzene rings is 3. The summed E-state index contributed by atoms with van der Waals surface area (Å²) >= 11 is 0. The van der Waals surface area contributed by atoms with E-state index in [2.05, 4.69) is 16.0 Å². The lowest BCUT2D eigenvalue weighted by molar-refractivity contribution is -0.144. The summed E-state index contributed by atoms with van der Waals surface area (Å²) in [5.74, 6) is -2.21. The van der Waals surface area contributed by atoms with Gasteiger partial charge in [0.1, 0.15) is 17.7 Å². The molecule has 50 heavy (non-hydrogen) atoms. The van der Waals surface area contributed by atoms with Crippen LogP contribution in [0.25, 0.3) is 0 Å². The first-order valence-corrected chi connectivity index (χ1v) is 17.1. The first-order valence-electron chi connectivity index (χ1n) is 17.1. The summed E-state index contributed by atoms with van der Waals surface area (Å²) in [6.45, 7) is 6.09. The highest BCUT2D eigenvalue weighted by atomic mass is 16.6. The van der Waals surface area contributed by atoms with Gasteiger partial charge in [-0.05, 0) is 62.3 Å². The molecule has 3 aromatic carbocycles. The van der Waals surface area contributed by atoms with Crippen molar-refractivity contribution in [2.24, 2.45) is 0 Å². The number of ether oxygens (including phenoxy) is 1. The van der Waals surface area contributed by atoms with Gasteiger partial charge >= 0.3 is 12.1 Å². The zero-order valence-electron chi connectivity index (χ0n) is 29.0. The fraction of sp³-hybridized carbons (Fsp3) is 0.410. The molecule has 1 aliphatic rings. The topological polar surface area (TPSA) is 154 Å². The third-order valence-corrected chi connectivity index (χ3v) is 8.53. The molecule has 0 aromatic heterocycles. The average molecular weight is 685 g/mol. The highest BCUT2D eigenvalue weighted by Crippen LogP contribution is 2.25. The molecule has 0 fully saturated rings. The number of rotatable bonds is 15.